The van der Waals surface area contributed by atoms with Crippen molar-refractivity contribution in [1.82, 2.24) is 20.5 Å². The lowest BCUT2D eigenvalue weighted by molar-refractivity contribution is -0.144. The zero-order chi connectivity index (χ0) is 49.6. The first kappa shape index (κ1) is 50.6. The van der Waals surface area contributed by atoms with Crippen LogP contribution in [0.15, 0.2) is 72.2 Å². The number of aliphatic hydroxyl groups excluding tert-OH is 1. The Morgan fingerprint density at radius 3 is 2.29 bits per heavy atom. The zero-order valence-electron chi connectivity index (χ0n) is 38.0. The fourth-order valence-corrected chi connectivity index (χ4v) is 8.94. The van der Waals surface area contributed by atoms with Gasteiger partial charge < -0.3 is 35.0 Å². The van der Waals surface area contributed by atoms with Gasteiger partial charge in [-0.05, 0) is 110 Å². The molecule has 68 heavy (non-hydrogen) atoms. The number of alkyl halides is 3. The van der Waals surface area contributed by atoms with E-state index >= 15 is 0 Å². The Bertz CT molecular complexity index is 2740. The number of hydrogen-bond acceptors (Lipinski definition) is 11. The first-order valence-corrected chi connectivity index (χ1v) is 22.5. The summed E-state index contributed by atoms with van der Waals surface area (Å²) in [6.07, 6.45) is -5.68. The van der Waals surface area contributed by atoms with Gasteiger partial charge in [-0.15, -0.1) is 11.3 Å². The van der Waals surface area contributed by atoms with Crippen LogP contribution in [0.5, 0.6) is 5.75 Å². The van der Waals surface area contributed by atoms with Crippen molar-refractivity contribution < 1.29 is 46.9 Å². The standard InChI is InChI=1S/C49H48F3N7O7S2/c1-30-41(68-29-55-30)32-13-11-31(12-14-32)26-54-43(62)39-24-36(60)27-57(39)44(63)42(47(2,3)4)56-40(61)28-65-21-9-7-8-10-22-66-37-19-17-34(18-20-37)59-46(67)58(45(64)48(59,5)6)35-16-15-33(25-53)38(23-35)49(50,51)52/h11-20,23,29,36,39,42,60H,21-22,24,26-28H2,1-6H3,(H,54,62)(H,56,61)/t36-,39+,42?/m1/s1. The molecular weight excluding hydrogens is 920 g/mol. The molecule has 354 valence electrons. The van der Waals surface area contributed by atoms with Crippen LogP contribution in [0.2, 0.25) is 0 Å². The molecule has 1 unspecified atom stereocenters. The van der Waals surface area contributed by atoms with E-state index in [9.17, 15) is 42.7 Å². The lowest BCUT2D eigenvalue weighted by Crippen LogP contribution is -2.58. The third-order valence-corrected chi connectivity index (χ3v) is 12.5. The van der Waals surface area contributed by atoms with Gasteiger partial charge in [0.15, 0.2) is 5.11 Å². The number of aryl methyl sites for hydroxylation is 1. The number of aromatic nitrogens is 1. The SMILES string of the molecule is Cc1ncsc1-c1ccc(CNC(=O)[C@@H]2C[C@@H](O)CN2C(=O)C(NC(=O)COCC#CC#CCOc2ccc(N3C(=S)N(c4ccc(C#N)c(C(F)(F)F)c4)C(=O)C3(C)C)cc2)C(C)(C)C)cc1. The first-order chi connectivity index (χ1) is 32.1. The summed E-state index contributed by atoms with van der Waals surface area (Å²) in [4.78, 5) is 63.0. The van der Waals surface area contributed by atoms with Crippen molar-refractivity contribution in [1.29, 1.82) is 5.26 Å². The molecule has 0 bridgehead atoms. The van der Waals surface area contributed by atoms with Crippen LogP contribution in [0.3, 0.4) is 0 Å². The number of thiazole rings is 1. The molecule has 0 aliphatic carbocycles. The van der Waals surface area contributed by atoms with Crippen LogP contribution < -0.4 is 25.2 Å². The number of anilines is 2. The molecule has 3 heterocycles. The van der Waals surface area contributed by atoms with Gasteiger partial charge >= 0.3 is 6.18 Å². The highest BCUT2D eigenvalue weighted by atomic mass is 32.1. The molecule has 3 N–H and O–H groups in total. The number of nitrogens with zero attached hydrogens (tertiary/aromatic N) is 5. The Labute approximate surface area is 401 Å². The smallest absolute Gasteiger partial charge is 0.417 e. The fraction of sp³-hybridized carbons (Fsp3) is 0.367. The second-order valence-electron chi connectivity index (χ2n) is 17.5. The van der Waals surface area contributed by atoms with Crippen LogP contribution in [-0.4, -0.2) is 93.8 Å². The molecule has 3 atom stereocenters. The van der Waals surface area contributed by atoms with Gasteiger partial charge in [-0.2, -0.15) is 18.4 Å². The number of rotatable bonds is 13. The minimum absolute atomic E-state index is 0.0434. The molecule has 3 aromatic carbocycles. The summed E-state index contributed by atoms with van der Waals surface area (Å²) in [5.41, 5.74) is 1.21. The van der Waals surface area contributed by atoms with Crippen molar-refractivity contribution >= 4 is 63.7 Å². The number of ether oxygens (including phenoxy) is 2. The Morgan fingerprint density at radius 1 is 1.01 bits per heavy atom. The Morgan fingerprint density at radius 2 is 1.68 bits per heavy atom. The lowest BCUT2D eigenvalue weighted by atomic mass is 9.85. The number of β-amino-alcohol motifs (C(OH)–C–C–N with tert-alkyl or cyclic N) is 1. The largest absolute Gasteiger partial charge is 0.481 e. The number of halogens is 3. The van der Waals surface area contributed by atoms with Crippen LogP contribution in [0, 0.1) is 47.4 Å². The van der Waals surface area contributed by atoms with Crippen LogP contribution in [0.25, 0.3) is 10.4 Å². The minimum atomic E-state index is -4.82. The van der Waals surface area contributed by atoms with Crippen LogP contribution >= 0.6 is 23.6 Å². The van der Waals surface area contributed by atoms with E-state index in [1.165, 1.54) is 21.9 Å². The van der Waals surface area contributed by atoms with E-state index in [2.05, 4.69) is 39.3 Å². The van der Waals surface area contributed by atoms with E-state index in [-0.39, 0.29) is 43.5 Å². The van der Waals surface area contributed by atoms with E-state index in [1.54, 1.807) is 75.7 Å². The summed E-state index contributed by atoms with van der Waals surface area (Å²) in [5.74, 6) is 9.04. The molecule has 6 rings (SSSR count). The van der Waals surface area contributed by atoms with Crippen molar-refractivity contribution in [2.24, 2.45) is 5.41 Å². The maximum atomic E-state index is 13.9. The number of likely N-dealkylation sites (tertiary alicyclic amines) is 1. The van der Waals surface area contributed by atoms with Crippen molar-refractivity contribution in [2.45, 2.75) is 84.4 Å². The molecule has 0 spiro atoms. The summed E-state index contributed by atoms with van der Waals surface area (Å²) >= 11 is 7.14. The molecular formula is C49H48F3N7O7S2. The number of benzene rings is 3. The predicted octanol–water partition coefficient (Wildman–Crippen LogP) is 6.14. The van der Waals surface area contributed by atoms with Crippen LogP contribution in [-0.2, 0) is 36.6 Å². The van der Waals surface area contributed by atoms with Gasteiger partial charge in [-0.25, -0.2) is 4.98 Å². The number of hydrogen-bond donors (Lipinski definition) is 3. The fourth-order valence-electron chi connectivity index (χ4n) is 7.61. The molecule has 4 aromatic rings. The van der Waals surface area contributed by atoms with Crippen LogP contribution in [0.1, 0.15) is 63.4 Å². The third kappa shape index (κ3) is 11.6. The van der Waals surface area contributed by atoms with Gasteiger partial charge in [-0.1, -0.05) is 51.0 Å². The van der Waals surface area contributed by atoms with Gasteiger partial charge in [0.2, 0.25) is 17.7 Å². The molecule has 2 saturated heterocycles. The zero-order valence-corrected chi connectivity index (χ0v) is 39.6. The molecule has 0 radical (unpaired) electrons. The molecule has 14 nitrogen and oxygen atoms in total. The van der Waals surface area contributed by atoms with Gasteiger partial charge in [0.05, 0.1) is 45.1 Å². The molecule has 2 aliphatic rings. The van der Waals surface area contributed by atoms with Gasteiger partial charge in [0.25, 0.3) is 5.91 Å². The molecule has 1 aromatic heterocycles. The van der Waals surface area contributed by atoms with Crippen molar-refractivity contribution in [3.8, 4) is 45.9 Å². The summed E-state index contributed by atoms with van der Waals surface area (Å²) in [5, 5.41) is 25.3. The second-order valence-corrected chi connectivity index (χ2v) is 18.7. The van der Waals surface area contributed by atoms with Crippen molar-refractivity contribution in [3.05, 3.63) is 94.6 Å². The third-order valence-electron chi connectivity index (χ3n) is 11.1. The van der Waals surface area contributed by atoms with Crippen molar-refractivity contribution in [3.63, 3.8) is 0 Å². The number of thiocarbonyl (C=S) groups is 1. The van der Waals surface area contributed by atoms with E-state index in [1.807, 2.05) is 31.2 Å². The Kier molecular flexibility index (Phi) is 15.6. The van der Waals surface area contributed by atoms with E-state index < -0.39 is 76.7 Å². The van der Waals surface area contributed by atoms with E-state index in [4.69, 9.17) is 21.7 Å². The Balaban J connectivity index is 0.954. The number of carbonyl (C=O) groups excluding carboxylic acids is 4. The monoisotopic (exact) mass is 967 g/mol. The molecule has 19 heteroatoms. The number of nitrogens with one attached hydrogen (secondary N) is 2. The normalized spacial score (nSPS) is 17.1. The summed E-state index contributed by atoms with van der Waals surface area (Å²) < 4.78 is 52.2. The molecule has 4 amide bonds. The van der Waals surface area contributed by atoms with Crippen molar-refractivity contribution in [2.75, 3.05) is 36.2 Å². The number of amides is 4. The highest BCUT2D eigenvalue weighted by molar-refractivity contribution is 7.81. The maximum absolute atomic E-state index is 13.9. The minimum Gasteiger partial charge on any atom is -0.481 e. The maximum Gasteiger partial charge on any atom is 0.417 e. The summed E-state index contributed by atoms with van der Waals surface area (Å²) in [6.45, 7) is 10.0. The highest BCUT2D eigenvalue weighted by Gasteiger charge is 2.51. The second kappa shape index (κ2) is 21.0. The predicted molar refractivity (Wildman–Crippen MR) is 253 cm³/mol. The molecule has 2 fully saturated rings. The van der Waals surface area contributed by atoms with Gasteiger partial charge in [0.1, 0.15) is 43.2 Å². The Hall–Kier alpha value is -6.82. The van der Waals surface area contributed by atoms with E-state index in [0.717, 1.165) is 38.7 Å². The van der Waals surface area contributed by atoms with Gasteiger partial charge in [0, 0.05) is 25.2 Å². The average Bonchev–Trinajstić information content (AvgIpc) is 3.95. The number of aliphatic hydroxyl groups is 1. The highest BCUT2D eigenvalue weighted by Crippen LogP contribution is 2.40. The summed E-state index contributed by atoms with van der Waals surface area (Å²) in [6, 6.07) is 16.8. The topological polar surface area (TPSA) is 177 Å². The van der Waals surface area contributed by atoms with Gasteiger partial charge in [-0.3, -0.25) is 24.1 Å². The molecule has 2 aliphatic heterocycles. The average molecular weight is 968 g/mol. The molecule has 0 saturated carbocycles. The number of nitriles is 1. The quantitative estimate of drug-likeness (QED) is 0.0798. The first-order valence-electron chi connectivity index (χ1n) is 21.2. The number of carbonyl (C=O) groups is 4. The van der Waals surface area contributed by atoms with Crippen LogP contribution in [0.4, 0.5) is 24.5 Å². The summed E-state index contributed by atoms with van der Waals surface area (Å²) in [7, 11) is 0. The lowest BCUT2D eigenvalue weighted by Gasteiger charge is -2.35. The van der Waals surface area contributed by atoms with E-state index in [0.29, 0.717) is 11.4 Å².